The maximum Gasteiger partial charge on any atom is 0.164 e. The van der Waals surface area contributed by atoms with Gasteiger partial charge in [-0.3, -0.25) is 4.98 Å². The number of rotatable bonds is 4. The van der Waals surface area contributed by atoms with E-state index in [1.54, 1.807) is 23.9 Å². The third-order valence-electron chi connectivity index (χ3n) is 5.37. The molecule has 4 atom stereocenters. The van der Waals surface area contributed by atoms with Crippen molar-refractivity contribution in [3.8, 4) is 11.1 Å². The number of nitrogens with zero attached hydrogens (tertiary/aromatic N) is 4. The smallest absolute Gasteiger partial charge is 0.164 e. The molecule has 0 amide bonds. The number of ether oxygens (including phenoxy) is 1. The van der Waals surface area contributed by atoms with Crippen molar-refractivity contribution in [1.82, 2.24) is 19.5 Å². The highest BCUT2D eigenvalue weighted by molar-refractivity contribution is 6.02. The van der Waals surface area contributed by atoms with Gasteiger partial charge in [0.2, 0.25) is 0 Å². The number of hydrogen-bond acceptors (Lipinski definition) is 7. The Hall–Kier alpha value is -3.33. The summed E-state index contributed by atoms with van der Waals surface area (Å²) in [6.07, 6.45) is 3.50. The predicted molar refractivity (Wildman–Crippen MR) is 112 cm³/mol. The van der Waals surface area contributed by atoms with Crippen molar-refractivity contribution in [1.29, 1.82) is 0 Å². The average molecular weight is 403 g/mol. The van der Waals surface area contributed by atoms with E-state index < -0.39 is 24.5 Å². The Morgan fingerprint density at radius 3 is 2.57 bits per heavy atom. The Labute approximate surface area is 172 Å². The van der Waals surface area contributed by atoms with Crippen molar-refractivity contribution in [2.75, 3.05) is 5.32 Å². The Balaban J connectivity index is 1.70. The number of aliphatic hydroxyl groups is 2. The van der Waals surface area contributed by atoms with Crippen LogP contribution in [-0.4, -0.2) is 48.0 Å². The first-order valence-electron chi connectivity index (χ1n) is 9.73. The van der Waals surface area contributed by atoms with Gasteiger partial charge in [-0.2, -0.15) is 0 Å². The van der Waals surface area contributed by atoms with Gasteiger partial charge in [-0.05, 0) is 24.6 Å². The maximum absolute atomic E-state index is 10.6. The second-order valence-corrected chi connectivity index (χ2v) is 7.32. The molecule has 1 saturated heterocycles. The van der Waals surface area contributed by atoms with Crippen molar-refractivity contribution < 1.29 is 14.9 Å². The minimum absolute atomic E-state index is 0.488. The first kappa shape index (κ1) is 18.7. The molecule has 3 aromatic heterocycles. The molecule has 0 aliphatic carbocycles. The summed E-state index contributed by atoms with van der Waals surface area (Å²) in [5.74, 6) is 0.617. The summed E-state index contributed by atoms with van der Waals surface area (Å²) in [7, 11) is 0. The first-order chi connectivity index (χ1) is 14.6. The highest BCUT2D eigenvalue weighted by Gasteiger charge is 2.42. The quantitative estimate of drug-likeness (QED) is 0.481. The van der Waals surface area contributed by atoms with Crippen LogP contribution < -0.4 is 5.32 Å². The third kappa shape index (κ3) is 3.11. The Morgan fingerprint density at radius 1 is 1.03 bits per heavy atom. The number of hydrogen-bond donors (Lipinski definition) is 3. The molecule has 1 aliphatic heterocycles. The van der Waals surface area contributed by atoms with E-state index in [0.29, 0.717) is 11.5 Å². The van der Waals surface area contributed by atoms with Gasteiger partial charge < -0.3 is 24.8 Å². The topological polar surface area (TPSA) is 105 Å². The van der Waals surface area contributed by atoms with Crippen molar-refractivity contribution in [3.05, 3.63) is 67.4 Å². The molecule has 0 radical (unpaired) electrons. The lowest BCUT2D eigenvalue weighted by atomic mass is 10.1. The van der Waals surface area contributed by atoms with Gasteiger partial charge in [0.05, 0.1) is 23.4 Å². The monoisotopic (exact) mass is 403 g/mol. The molecule has 152 valence electrons. The number of nitrogens with one attached hydrogen (secondary N) is 1. The second-order valence-electron chi connectivity index (χ2n) is 7.32. The molecular formula is C22H21N5O3. The van der Waals surface area contributed by atoms with E-state index in [0.717, 1.165) is 22.2 Å². The second kappa shape index (κ2) is 7.49. The summed E-state index contributed by atoms with van der Waals surface area (Å²) < 4.78 is 7.63. The van der Waals surface area contributed by atoms with Gasteiger partial charge in [0.1, 0.15) is 30.0 Å². The van der Waals surface area contributed by atoms with Gasteiger partial charge in [-0.1, -0.05) is 30.3 Å². The summed E-state index contributed by atoms with van der Waals surface area (Å²) >= 11 is 0. The van der Waals surface area contributed by atoms with Crippen LogP contribution in [0, 0.1) is 0 Å². The van der Waals surface area contributed by atoms with Crippen LogP contribution in [0.25, 0.3) is 22.2 Å². The van der Waals surface area contributed by atoms with Gasteiger partial charge in [0.15, 0.2) is 6.23 Å². The zero-order valence-electron chi connectivity index (χ0n) is 16.3. The van der Waals surface area contributed by atoms with Crippen molar-refractivity contribution in [3.63, 3.8) is 0 Å². The molecule has 3 N–H and O–H groups in total. The molecule has 30 heavy (non-hydrogen) atoms. The molecule has 0 bridgehead atoms. The predicted octanol–water partition coefficient (Wildman–Crippen LogP) is 2.88. The number of fused-ring (bicyclic) bond motifs is 1. The normalized spacial score (nSPS) is 23.7. The molecule has 0 spiro atoms. The van der Waals surface area contributed by atoms with E-state index in [4.69, 9.17) is 4.74 Å². The fourth-order valence-corrected chi connectivity index (χ4v) is 3.84. The van der Waals surface area contributed by atoms with E-state index in [1.807, 2.05) is 48.7 Å². The Morgan fingerprint density at radius 2 is 1.87 bits per heavy atom. The summed E-state index contributed by atoms with van der Waals surface area (Å²) in [4.78, 5) is 13.1. The molecule has 1 aromatic carbocycles. The number of aromatic nitrogens is 4. The highest BCUT2D eigenvalue weighted by atomic mass is 16.6. The number of anilines is 2. The summed E-state index contributed by atoms with van der Waals surface area (Å²) in [6.45, 7) is 1.74. The fraction of sp³-hybridized carbons (Fsp3) is 0.227. The molecule has 0 saturated carbocycles. The maximum atomic E-state index is 10.6. The number of pyridine rings is 1. The van der Waals surface area contributed by atoms with E-state index in [2.05, 4.69) is 20.3 Å². The standard InChI is InChI=1S/C22H21N5O3/c1-13-18(28)19(29)22(30-13)27-11-16(14-6-3-2-4-7-14)17-20(24-12-25-21(17)27)26-15-8-5-9-23-10-15/h2-13,18-19,22,28-29H,1H3,(H,24,25,26)/t13-,18+,19+,22+/m0/s1. The molecule has 4 aromatic rings. The van der Waals surface area contributed by atoms with Crippen molar-refractivity contribution in [2.24, 2.45) is 0 Å². The lowest BCUT2D eigenvalue weighted by molar-refractivity contribution is -0.0295. The SMILES string of the molecule is C[C@@H]1O[C@@H](n2cc(-c3ccccc3)c3c(Nc4cccnc4)ncnc32)[C@H](O)[C@@H]1O. The first-order valence-corrected chi connectivity index (χ1v) is 9.73. The van der Waals surface area contributed by atoms with E-state index in [1.165, 1.54) is 6.33 Å². The molecule has 5 rings (SSSR count). The third-order valence-corrected chi connectivity index (χ3v) is 5.37. The lowest BCUT2D eigenvalue weighted by Gasteiger charge is -2.17. The van der Waals surface area contributed by atoms with Gasteiger partial charge in [0, 0.05) is 18.0 Å². The van der Waals surface area contributed by atoms with Gasteiger partial charge in [0.25, 0.3) is 0 Å². The number of benzene rings is 1. The van der Waals surface area contributed by atoms with Crippen molar-refractivity contribution in [2.45, 2.75) is 31.5 Å². The van der Waals surface area contributed by atoms with Gasteiger partial charge in [-0.25, -0.2) is 9.97 Å². The molecule has 8 heteroatoms. The Bertz CT molecular complexity index is 1170. The van der Waals surface area contributed by atoms with Crippen LogP contribution in [0.4, 0.5) is 11.5 Å². The molecule has 0 unspecified atom stereocenters. The summed E-state index contributed by atoms with van der Waals surface area (Å²) in [5.41, 5.74) is 3.26. The van der Waals surface area contributed by atoms with Crippen LogP contribution in [0.3, 0.4) is 0 Å². The largest absolute Gasteiger partial charge is 0.388 e. The van der Waals surface area contributed by atoms with Crippen molar-refractivity contribution >= 4 is 22.5 Å². The van der Waals surface area contributed by atoms with E-state index in [9.17, 15) is 10.2 Å². The van der Waals surface area contributed by atoms with Crippen LogP contribution in [-0.2, 0) is 4.74 Å². The van der Waals surface area contributed by atoms with E-state index >= 15 is 0 Å². The Kier molecular flexibility index (Phi) is 4.66. The minimum atomic E-state index is -1.07. The highest BCUT2D eigenvalue weighted by Crippen LogP contribution is 2.39. The van der Waals surface area contributed by atoms with Crippen LogP contribution in [0.5, 0.6) is 0 Å². The zero-order valence-corrected chi connectivity index (χ0v) is 16.3. The zero-order chi connectivity index (χ0) is 20.7. The molecular weight excluding hydrogens is 382 g/mol. The van der Waals surface area contributed by atoms with Crippen LogP contribution in [0.2, 0.25) is 0 Å². The van der Waals surface area contributed by atoms with Gasteiger partial charge >= 0.3 is 0 Å². The van der Waals surface area contributed by atoms with Crippen LogP contribution in [0.1, 0.15) is 13.2 Å². The molecule has 8 nitrogen and oxygen atoms in total. The van der Waals surface area contributed by atoms with Crippen LogP contribution in [0.15, 0.2) is 67.4 Å². The minimum Gasteiger partial charge on any atom is -0.388 e. The van der Waals surface area contributed by atoms with E-state index in [-0.39, 0.29) is 0 Å². The number of aliphatic hydroxyl groups excluding tert-OH is 2. The summed E-state index contributed by atoms with van der Waals surface area (Å²) in [6, 6.07) is 13.6. The molecule has 1 fully saturated rings. The van der Waals surface area contributed by atoms with Gasteiger partial charge in [-0.15, -0.1) is 0 Å². The fourth-order valence-electron chi connectivity index (χ4n) is 3.84. The summed E-state index contributed by atoms with van der Waals surface area (Å²) in [5, 5.41) is 24.9. The van der Waals surface area contributed by atoms with Crippen LogP contribution >= 0.6 is 0 Å². The lowest BCUT2D eigenvalue weighted by Crippen LogP contribution is -2.30. The molecule has 1 aliphatic rings. The average Bonchev–Trinajstić information content (AvgIpc) is 3.29. The molecule has 4 heterocycles.